The van der Waals surface area contributed by atoms with Crippen LogP contribution in [-0.4, -0.2) is 16.1 Å². The molecular formula is C11H11BrN2O. The van der Waals surface area contributed by atoms with E-state index in [1.54, 1.807) is 6.07 Å². The number of aromatic nitrogens is 2. The standard InChI is InChI=1S/C11H11BrN2O/c1-7(2)14-9-5-3-4-8(6-15)10(9)11(12)13-14/h3-7H,1-2H3. The normalized spacial score (nSPS) is 11.2. The van der Waals surface area contributed by atoms with E-state index >= 15 is 0 Å². The van der Waals surface area contributed by atoms with Crippen molar-refractivity contribution < 1.29 is 4.79 Å². The van der Waals surface area contributed by atoms with Crippen LogP contribution in [-0.2, 0) is 0 Å². The molecule has 0 aliphatic heterocycles. The molecule has 1 heterocycles. The summed E-state index contributed by atoms with van der Waals surface area (Å²) in [6, 6.07) is 5.92. The Morgan fingerprint density at radius 1 is 1.47 bits per heavy atom. The van der Waals surface area contributed by atoms with Gasteiger partial charge in [-0.1, -0.05) is 12.1 Å². The topological polar surface area (TPSA) is 34.9 Å². The van der Waals surface area contributed by atoms with Crippen molar-refractivity contribution in [1.82, 2.24) is 9.78 Å². The Kier molecular flexibility index (Phi) is 2.61. The lowest BCUT2D eigenvalue weighted by atomic mass is 10.1. The molecule has 1 aromatic heterocycles. The van der Waals surface area contributed by atoms with Gasteiger partial charge in [-0.05, 0) is 35.8 Å². The van der Waals surface area contributed by atoms with Crippen LogP contribution in [0.25, 0.3) is 10.9 Å². The summed E-state index contributed by atoms with van der Waals surface area (Å²) in [5.74, 6) is 0. The molecule has 0 aliphatic carbocycles. The number of hydrogen-bond donors (Lipinski definition) is 0. The van der Waals surface area contributed by atoms with Crippen molar-refractivity contribution in [2.24, 2.45) is 0 Å². The zero-order chi connectivity index (χ0) is 11.0. The number of carbonyl (C=O) groups is 1. The van der Waals surface area contributed by atoms with Gasteiger partial charge in [0.05, 0.1) is 5.52 Å². The minimum absolute atomic E-state index is 0.278. The third-order valence-corrected chi connectivity index (χ3v) is 2.89. The van der Waals surface area contributed by atoms with Gasteiger partial charge in [-0.2, -0.15) is 5.10 Å². The fourth-order valence-corrected chi connectivity index (χ4v) is 2.27. The number of halogens is 1. The molecule has 0 N–H and O–H groups in total. The van der Waals surface area contributed by atoms with Crippen molar-refractivity contribution in [2.75, 3.05) is 0 Å². The van der Waals surface area contributed by atoms with E-state index in [0.717, 1.165) is 21.8 Å². The van der Waals surface area contributed by atoms with Gasteiger partial charge in [-0.3, -0.25) is 9.48 Å². The highest BCUT2D eigenvalue weighted by Crippen LogP contribution is 2.27. The van der Waals surface area contributed by atoms with Crippen molar-refractivity contribution in [3.63, 3.8) is 0 Å². The minimum atomic E-state index is 0.278. The second kappa shape index (κ2) is 3.77. The van der Waals surface area contributed by atoms with E-state index in [1.807, 2.05) is 16.8 Å². The monoisotopic (exact) mass is 266 g/mol. The molecule has 0 saturated heterocycles. The number of aldehydes is 1. The molecule has 1 aromatic carbocycles. The second-order valence-electron chi connectivity index (χ2n) is 3.69. The molecule has 0 atom stereocenters. The SMILES string of the molecule is CC(C)n1nc(Br)c2c(C=O)cccc21. The molecule has 0 aliphatic rings. The predicted molar refractivity (Wildman–Crippen MR) is 63.2 cm³/mol. The zero-order valence-corrected chi connectivity index (χ0v) is 10.2. The number of fused-ring (bicyclic) bond motifs is 1. The fourth-order valence-electron chi connectivity index (χ4n) is 1.66. The van der Waals surface area contributed by atoms with Gasteiger partial charge < -0.3 is 0 Å². The Bertz CT molecular complexity index is 517. The van der Waals surface area contributed by atoms with E-state index in [-0.39, 0.29) is 6.04 Å². The van der Waals surface area contributed by atoms with Crippen molar-refractivity contribution in [3.8, 4) is 0 Å². The Morgan fingerprint density at radius 3 is 2.80 bits per heavy atom. The van der Waals surface area contributed by atoms with Gasteiger partial charge in [0.25, 0.3) is 0 Å². The van der Waals surface area contributed by atoms with Crippen LogP contribution in [0.2, 0.25) is 0 Å². The molecule has 0 unspecified atom stereocenters. The first-order valence-corrected chi connectivity index (χ1v) is 5.56. The molecule has 0 bridgehead atoms. The third kappa shape index (κ3) is 1.59. The number of hydrogen-bond acceptors (Lipinski definition) is 2. The van der Waals surface area contributed by atoms with E-state index in [0.29, 0.717) is 5.56 Å². The molecular weight excluding hydrogens is 256 g/mol. The first-order chi connectivity index (χ1) is 7.15. The van der Waals surface area contributed by atoms with E-state index in [1.165, 1.54) is 0 Å². The number of benzene rings is 1. The molecule has 0 amide bonds. The molecule has 4 heteroatoms. The van der Waals surface area contributed by atoms with Gasteiger partial charge in [0.15, 0.2) is 6.29 Å². The molecule has 15 heavy (non-hydrogen) atoms. The average molecular weight is 267 g/mol. The van der Waals surface area contributed by atoms with Gasteiger partial charge in [-0.25, -0.2) is 0 Å². The van der Waals surface area contributed by atoms with E-state index in [2.05, 4.69) is 34.9 Å². The second-order valence-corrected chi connectivity index (χ2v) is 4.44. The van der Waals surface area contributed by atoms with Gasteiger partial charge in [0.2, 0.25) is 0 Å². The zero-order valence-electron chi connectivity index (χ0n) is 8.57. The van der Waals surface area contributed by atoms with Crippen LogP contribution in [0.15, 0.2) is 22.8 Å². The average Bonchev–Trinajstić information content (AvgIpc) is 2.56. The fraction of sp³-hybridized carbons (Fsp3) is 0.273. The summed E-state index contributed by atoms with van der Waals surface area (Å²) in [7, 11) is 0. The Hall–Kier alpha value is -1.16. The summed E-state index contributed by atoms with van der Waals surface area (Å²) in [5, 5.41) is 5.26. The van der Waals surface area contributed by atoms with Crippen LogP contribution in [0.1, 0.15) is 30.2 Å². The first kappa shape index (κ1) is 10.4. The summed E-state index contributed by atoms with van der Waals surface area (Å²) < 4.78 is 2.64. The predicted octanol–water partition coefficient (Wildman–Crippen LogP) is 3.19. The van der Waals surface area contributed by atoms with E-state index in [4.69, 9.17) is 0 Å². The molecule has 0 fully saturated rings. The number of nitrogens with zero attached hydrogens (tertiary/aromatic N) is 2. The van der Waals surface area contributed by atoms with Crippen molar-refractivity contribution in [2.45, 2.75) is 19.9 Å². The van der Waals surface area contributed by atoms with Gasteiger partial charge >= 0.3 is 0 Å². The van der Waals surface area contributed by atoms with Gasteiger partial charge in [0, 0.05) is 17.0 Å². The van der Waals surface area contributed by atoms with Crippen LogP contribution < -0.4 is 0 Å². The van der Waals surface area contributed by atoms with Crippen LogP contribution in [0.4, 0.5) is 0 Å². The summed E-state index contributed by atoms with van der Waals surface area (Å²) in [5.41, 5.74) is 1.66. The minimum Gasteiger partial charge on any atom is -0.298 e. The highest BCUT2D eigenvalue weighted by molar-refractivity contribution is 9.10. The van der Waals surface area contributed by atoms with Gasteiger partial charge in [-0.15, -0.1) is 0 Å². The van der Waals surface area contributed by atoms with Crippen LogP contribution in [0.5, 0.6) is 0 Å². The number of rotatable bonds is 2. The van der Waals surface area contributed by atoms with Crippen molar-refractivity contribution in [1.29, 1.82) is 0 Å². The molecule has 3 nitrogen and oxygen atoms in total. The summed E-state index contributed by atoms with van der Waals surface area (Å²) in [6.45, 7) is 4.12. The molecule has 0 saturated carbocycles. The van der Waals surface area contributed by atoms with Crippen molar-refractivity contribution in [3.05, 3.63) is 28.4 Å². The lowest BCUT2D eigenvalue weighted by Crippen LogP contribution is -2.02. The maximum Gasteiger partial charge on any atom is 0.150 e. The first-order valence-electron chi connectivity index (χ1n) is 4.77. The summed E-state index contributed by atoms with van der Waals surface area (Å²) >= 11 is 3.39. The Balaban J connectivity index is 2.85. The number of carbonyl (C=O) groups excluding carboxylic acids is 1. The van der Waals surface area contributed by atoms with E-state index < -0.39 is 0 Å². The lowest BCUT2D eigenvalue weighted by Gasteiger charge is -2.06. The van der Waals surface area contributed by atoms with E-state index in [9.17, 15) is 4.79 Å². The molecule has 78 valence electrons. The molecule has 2 aromatic rings. The maximum absolute atomic E-state index is 10.9. The highest BCUT2D eigenvalue weighted by atomic mass is 79.9. The summed E-state index contributed by atoms with van der Waals surface area (Å²) in [4.78, 5) is 10.9. The molecule has 0 spiro atoms. The largest absolute Gasteiger partial charge is 0.298 e. The van der Waals surface area contributed by atoms with Crippen LogP contribution >= 0.6 is 15.9 Å². The maximum atomic E-state index is 10.9. The van der Waals surface area contributed by atoms with Crippen LogP contribution in [0, 0.1) is 0 Å². The lowest BCUT2D eigenvalue weighted by molar-refractivity contribution is 0.112. The Morgan fingerprint density at radius 2 is 2.20 bits per heavy atom. The third-order valence-electron chi connectivity index (χ3n) is 2.34. The molecule has 0 radical (unpaired) electrons. The quantitative estimate of drug-likeness (QED) is 0.783. The summed E-state index contributed by atoms with van der Waals surface area (Å²) in [6.07, 6.45) is 0.861. The molecule has 2 rings (SSSR count). The van der Waals surface area contributed by atoms with Gasteiger partial charge in [0.1, 0.15) is 4.60 Å². The highest BCUT2D eigenvalue weighted by Gasteiger charge is 2.13. The smallest absolute Gasteiger partial charge is 0.150 e. The van der Waals surface area contributed by atoms with Crippen LogP contribution in [0.3, 0.4) is 0 Å². The van der Waals surface area contributed by atoms with Crippen molar-refractivity contribution >= 4 is 33.1 Å². The Labute approximate surface area is 96.2 Å².